The summed E-state index contributed by atoms with van der Waals surface area (Å²) in [6, 6.07) is 13.0. The van der Waals surface area contributed by atoms with E-state index >= 15 is 0 Å². The molecule has 0 saturated carbocycles. The monoisotopic (exact) mass is 304 g/mol. The maximum Gasteiger partial charge on any atom is 0.368 e. The van der Waals surface area contributed by atoms with E-state index in [1.54, 1.807) is 42.5 Å². The maximum atomic E-state index is 13.6. The van der Waals surface area contributed by atoms with Gasteiger partial charge in [-0.1, -0.05) is 41.9 Å². The highest BCUT2D eigenvalue weighted by Crippen LogP contribution is 2.16. The molecule has 21 heavy (non-hydrogen) atoms. The fourth-order valence-electron chi connectivity index (χ4n) is 1.94. The summed E-state index contributed by atoms with van der Waals surface area (Å²) in [7, 11) is 0. The van der Waals surface area contributed by atoms with Gasteiger partial charge < -0.3 is 0 Å². The van der Waals surface area contributed by atoms with Crippen LogP contribution in [0.2, 0.25) is 5.02 Å². The average molecular weight is 305 g/mol. The molecule has 0 spiro atoms. The Morgan fingerprint density at radius 1 is 1.05 bits per heavy atom. The zero-order valence-electron chi connectivity index (χ0n) is 10.8. The molecule has 7 heteroatoms. The van der Waals surface area contributed by atoms with Crippen LogP contribution in [0.5, 0.6) is 0 Å². The molecule has 0 atom stereocenters. The number of para-hydroxylation sites is 1. The molecule has 0 aliphatic heterocycles. The number of benzene rings is 2. The number of tetrazole rings is 1. The van der Waals surface area contributed by atoms with E-state index in [4.69, 9.17) is 11.6 Å². The van der Waals surface area contributed by atoms with Crippen molar-refractivity contribution in [1.29, 1.82) is 0 Å². The normalized spacial score (nSPS) is 10.8. The van der Waals surface area contributed by atoms with Crippen molar-refractivity contribution in [2.45, 2.75) is 6.54 Å². The zero-order valence-corrected chi connectivity index (χ0v) is 11.5. The number of halogens is 2. The smallest absolute Gasteiger partial charge is 0.244 e. The van der Waals surface area contributed by atoms with Crippen molar-refractivity contribution in [3.63, 3.8) is 0 Å². The highest BCUT2D eigenvalue weighted by atomic mass is 35.5. The topological polar surface area (TPSA) is 52.7 Å². The molecule has 2 aromatic carbocycles. The van der Waals surface area contributed by atoms with Crippen molar-refractivity contribution >= 4 is 11.6 Å². The number of rotatable bonds is 3. The predicted molar refractivity (Wildman–Crippen MR) is 76.1 cm³/mol. The molecule has 0 bridgehead atoms. The third-order valence-electron chi connectivity index (χ3n) is 3.00. The molecule has 3 aromatic rings. The molecule has 1 heterocycles. The van der Waals surface area contributed by atoms with E-state index in [0.29, 0.717) is 16.3 Å². The molecule has 0 N–H and O–H groups in total. The van der Waals surface area contributed by atoms with E-state index in [-0.39, 0.29) is 6.54 Å². The molecule has 0 aliphatic carbocycles. The fourth-order valence-corrected chi connectivity index (χ4v) is 2.15. The minimum absolute atomic E-state index is 0.00988. The number of aromatic nitrogens is 4. The van der Waals surface area contributed by atoms with E-state index in [2.05, 4.69) is 10.4 Å². The van der Waals surface area contributed by atoms with Gasteiger partial charge in [-0.25, -0.2) is 9.18 Å². The third kappa shape index (κ3) is 2.57. The second-order valence-electron chi connectivity index (χ2n) is 4.37. The Morgan fingerprint density at radius 2 is 1.76 bits per heavy atom. The van der Waals surface area contributed by atoms with Gasteiger partial charge in [0.2, 0.25) is 0 Å². The van der Waals surface area contributed by atoms with Crippen molar-refractivity contribution in [3.8, 4) is 5.69 Å². The summed E-state index contributed by atoms with van der Waals surface area (Å²) in [5, 5.41) is 7.93. The summed E-state index contributed by atoms with van der Waals surface area (Å²) in [6.45, 7) is 0.00988. The van der Waals surface area contributed by atoms with Gasteiger partial charge in [-0.2, -0.15) is 9.36 Å². The summed E-state index contributed by atoms with van der Waals surface area (Å²) in [5.74, 6) is -0.392. The first-order chi connectivity index (χ1) is 10.2. The van der Waals surface area contributed by atoms with Gasteiger partial charge in [0.15, 0.2) is 0 Å². The maximum absolute atomic E-state index is 13.6. The third-order valence-corrected chi connectivity index (χ3v) is 3.32. The van der Waals surface area contributed by atoms with Gasteiger partial charge >= 0.3 is 5.69 Å². The van der Waals surface area contributed by atoms with Gasteiger partial charge in [0.25, 0.3) is 0 Å². The quantitative estimate of drug-likeness (QED) is 0.746. The molecular weight excluding hydrogens is 295 g/mol. The van der Waals surface area contributed by atoms with Crippen LogP contribution in [0.4, 0.5) is 4.39 Å². The number of nitrogens with zero attached hydrogens (tertiary/aromatic N) is 4. The summed E-state index contributed by atoms with van der Waals surface area (Å²) in [5.41, 5.74) is 0.320. The predicted octanol–water partition coefficient (Wildman–Crippen LogP) is 2.27. The van der Waals surface area contributed by atoms with Crippen LogP contribution < -0.4 is 5.69 Å². The van der Waals surface area contributed by atoms with E-state index in [1.807, 2.05) is 0 Å². The summed E-state index contributed by atoms with van der Waals surface area (Å²) in [6.07, 6.45) is 0. The minimum atomic E-state index is -0.480. The van der Waals surface area contributed by atoms with E-state index in [0.717, 1.165) is 9.36 Å². The Hall–Kier alpha value is -2.47. The Kier molecular flexibility index (Phi) is 3.53. The Balaban J connectivity index is 1.99. The lowest BCUT2D eigenvalue weighted by molar-refractivity contribution is 0.570. The molecule has 0 saturated heterocycles. The van der Waals surface area contributed by atoms with Gasteiger partial charge in [-0.05, 0) is 28.6 Å². The van der Waals surface area contributed by atoms with Gasteiger partial charge in [0.1, 0.15) is 5.82 Å². The van der Waals surface area contributed by atoms with Crippen LogP contribution in [0.25, 0.3) is 5.69 Å². The van der Waals surface area contributed by atoms with Crippen molar-refractivity contribution in [1.82, 2.24) is 19.8 Å². The summed E-state index contributed by atoms with van der Waals surface area (Å²) >= 11 is 6.03. The molecule has 106 valence electrons. The number of hydrogen-bond donors (Lipinski definition) is 0. The van der Waals surface area contributed by atoms with E-state index < -0.39 is 11.5 Å². The first-order valence-electron chi connectivity index (χ1n) is 6.18. The van der Waals surface area contributed by atoms with Gasteiger partial charge in [0, 0.05) is 5.56 Å². The van der Waals surface area contributed by atoms with Crippen LogP contribution in [0.3, 0.4) is 0 Å². The lowest BCUT2D eigenvalue weighted by Crippen LogP contribution is -2.25. The largest absolute Gasteiger partial charge is 0.368 e. The second-order valence-corrected chi connectivity index (χ2v) is 4.78. The van der Waals surface area contributed by atoms with Crippen molar-refractivity contribution in [2.75, 3.05) is 0 Å². The van der Waals surface area contributed by atoms with Crippen LogP contribution in [0.15, 0.2) is 53.3 Å². The Labute approximate surface area is 124 Å². The van der Waals surface area contributed by atoms with Crippen molar-refractivity contribution < 1.29 is 4.39 Å². The molecule has 0 amide bonds. The zero-order chi connectivity index (χ0) is 14.8. The minimum Gasteiger partial charge on any atom is -0.244 e. The molecular formula is C14H10ClFN4O. The number of hydrogen-bond acceptors (Lipinski definition) is 3. The summed E-state index contributed by atoms with van der Waals surface area (Å²) in [4.78, 5) is 12.3. The Bertz CT molecular complexity index is 843. The molecule has 1 aromatic heterocycles. The second kappa shape index (κ2) is 5.49. The van der Waals surface area contributed by atoms with E-state index in [1.165, 1.54) is 6.07 Å². The molecule has 0 aliphatic rings. The van der Waals surface area contributed by atoms with E-state index in [9.17, 15) is 9.18 Å². The standard InChI is InChI=1S/C14H10ClFN4O/c15-11-6-2-4-8-13(11)20-14(21)19(17-18-20)9-10-5-1-3-7-12(10)16/h1-8H,9H2. The fraction of sp³-hybridized carbons (Fsp3) is 0.0714. The van der Waals surface area contributed by atoms with Crippen LogP contribution >= 0.6 is 11.6 Å². The highest BCUT2D eigenvalue weighted by molar-refractivity contribution is 6.32. The lowest BCUT2D eigenvalue weighted by Gasteiger charge is -2.02. The molecule has 5 nitrogen and oxygen atoms in total. The van der Waals surface area contributed by atoms with Crippen LogP contribution in [0, 0.1) is 5.82 Å². The molecule has 0 fully saturated rings. The van der Waals surface area contributed by atoms with Crippen molar-refractivity contribution in [2.24, 2.45) is 0 Å². The van der Waals surface area contributed by atoms with Crippen molar-refractivity contribution in [3.05, 3.63) is 75.4 Å². The average Bonchev–Trinajstić information content (AvgIpc) is 2.83. The SMILES string of the molecule is O=c1n(Cc2ccccc2F)nnn1-c1ccccc1Cl. The summed E-state index contributed by atoms with van der Waals surface area (Å²) < 4.78 is 15.8. The van der Waals surface area contributed by atoms with Gasteiger partial charge in [-0.3, -0.25) is 0 Å². The van der Waals surface area contributed by atoms with Crippen LogP contribution in [-0.4, -0.2) is 19.8 Å². The van der Waals surface area contributed by atoms with Gasteiger partial charge in [-0.15, -0.1) is 0 Å². The highest BCUT2D eigenvalue weighted by Gasteiger charge is 2.12. The van der Waals surface area contributed by atoms with Crippen LogP contribution in [0.1, 0.15) is 5.56 Å². The Morgan fingerprint density at radius 3 is 2.52 bits per heavy atom. The first kappa shape index (κ1) is 13.5. The molecule has 0 unspecified atom stereocenters. The van der Waals surface area contributed by atoms with Gasteiger partial charge in [0.05, 0.1) is 17.3 Å². The molecule has 3 rings (SSSR count). The van der Waals surface area contributed by atoms with Crippen LogP contribution in [-0.2, 0) is 6.54 Å². The lowest BCUT2D eigenvalue weighted by atomic mass is 10.2. The first-order valence-corrected chi connectivity index (χ1v) is 6.56. The molecule has 0 radical (unpaired) electrons.